The topological polar surface area (TPSA) is 55.9 Å². The third-order valence-corrected chi connectivity index (χ3v) is 6.94. The zero-order valence-corrected chi connectivity index (χ0v) is 19.0. The maximum Gasteiger partial charge on any atom is 0.250 e. The highest BCUT2D eigenvalue weighted by molar-refractivity contribution is 9.11. The number of aliphatic hydroxyl groups excluding tert-OH is 1. The minimum Gasteiger partial charge on any atom is -0.488 e. The molecule has 0 aliphatic carbocycles. The largest absolute Gasteiger partial charge is 0.488 e. The average Bonchev–Trinajstić information content (AvgIpc) is 2.61. The lowest BCUT2D eigenvalue weighted by Gasteiger charge is -2.40. The summed E-state index contributed by atoms with van der Waals surface area (Å²) in [6.45, 7) is 5.68. The number of aromatic nitrogens is 1. The number of benzene rings is 1. The molecule has 2 aliphatic heterocycles. The van der Waals surface area contributed by atoms with Crippen molar-refractivity contribution in [2.75, 3.05) is 26.2 Å². The molecule has 1 fully saturated rings. The summed E-state index contributed by atoms with van der Waals surface area (Å²) in [7, 11) is 0. The molecule has 2 aromatic rings. The number of aliphatic hydroxyl groups is 1. The number of hydrogen-bond donors (Lipinski definition) is 2. The van der Waals surface area contributed by atoms with Gasteiger partial charge in [0.1, 0.15) is 25.0 Å². The Balaban J connectivity index is 1.37. The van der Waals surface area contributed by atoms with Gasteiger partial charge in [0.15, 0.2) is 0 Å². The minimum atomic E-state index is -0.535. The Morgan fingerprint density at radius 2 is 2.04 bits per heavy atom. The molecule has 5 nitrogen and oxygen atoms in total. The van der Waals surface area contributed by atoms with Crippen LogP contribution >= 0.6 is 31.9 Å². The first-order chi connectivity index (χ1) is 13.4. The standard InChI is InChI=1S/C21H24Br2N2O3/c1-13-5-17(22)21(18(23)6-13)28-12-16(26)11-24-8-14-7-15(10-24)19-3-2-4-20(27)25(19)9-14/h2-6,14-16,26H,7-12H2,1H3/p+1/t14-,15+,16-/m0/s1. The van der Waals surface area contributed by atoms with Crippen LogP contribution in [0.15, 0.2) is 44.1 Å². The van der Waals surface area contributed by atoms with Gasteiger partial charge < -0.3 is 19.3 Å². The monoisotopic (exact) mass is 511 g/mol. The molecule has 0 spiro atoms. The van der Waals surface area contributed by atoms with Gasteiger partial charge in [-0.15, -0.1) is 0 Å². The van der Waals surface area contributed by atoms with Crippen LogP contribution in [0, 0.1) is 12.8 Å². The molecule has 2 N–H and O–H groups in total. The van der Waals surface area contributed by atoms with Gasteiger partial charge in [0.05, 0.1) is 22.0 Å². The predicted molar refractivity (Wildman–Crippen MR) is 115 cm³/mol. The van der Waals surface area contributed by atoms with E-state index in [1.807, 2.05) is 29.7 Å². The number of rotatable bonds is 5. The smallest absolute Gasteiger partial charge is 0.250 e. The molecule has 4 rings (SSSR count). The average molecular weight is 513 g/mol. The number of likely N-dealkylation sites (tertiary alicyclic amines) is 1. The summed E-state index contributed by atoms with van der Waals surface area (Å²) < 4.78 is 9.60. The number of quaternary nitrogens is 1. The van der Waals surface area contributed by atoms with Crippen molar-refractivity contribution in [1.82, 2.24) is 4.57 Å². The number of aryl methyl sites for hydroxylation is 1. The van der Waals surface area contributed by atoms with E-state index in [4.69, 9.17) is 4.74 Å². The van der Waals surface area contributed by atoms with E-state index in [-0.39, 0.29) is 12.2 Å². The molecule has 0 amide bonds. The molecular formula is C21H25Br2N2O3+. The molecule has 3 heterocycles. The zero-order chi connectivity index (χ0) is 19.8. The Morgan fingerprint density at radius 1 is 1.29 bits per heavy atom. The first-order valence-corrected chi connectivity index (χ1v) is 11.3. The minimum absolute atomic E-state index is 0.110. The first-order valence-electron chi connectivity index (χ1n) is 9.70. The molecule has 4 atom stereocenters. The molecule has 0 radical (unpaired) electrons. The molecule has 150 valence electrons. The third kappa shape index (κ3) is 4.22. The quantitative estimate of drug-likeness (QED) is 0.645. The second kappa shape index (κ2) is 8.30. The second-order valence-corrected chi connectivity index (χ2v) is 9.79. The van der Waals surface area contributed by atoms with Gasteiger partial charge in [-0.1, -0.05) is 6.07 Å². The Bertz CT molecular complexity index is 907. The SMILES string of the molecule is Cc1cc(Br)c(OC[C@@H](O)C[NH+]2C[C@@H]3C[C@H](C2)c2cccc(=O)n2C3)c(Br)c1. The van der Waals surface area contributed by atoms with E-state index in [0.29, 0.717) is 18.4 Å². The van der Waals surface area contributed by atoms with E-state index < -0.39 is 6.10 Å². The van der Waals surface area contributed by atoms with Crippen LogP contribution in [0.25, 0.3) is 0 Å². The fourth-order valence-electron chi connectivity index (χ4n) is 4.68. The predicted octanol–water partition coefficient (Wildman–Crippen LogP) is 2.12. The van der Waals surface area contributed by atoms with Crippen molar-refractivity contribution in [3.8, 4) is 5.75 Å². The lowest BCUT2D eigenvalue weighted by Crippen LogP contribution is -3.15. The first kappa shape index (κ1) is 20.1. The van der Waals surface area contributed by atoms with Gasteiger partial charge in [-0.05, 0) is 69.0 Å². The number of nitrogens with zero attached hydrogens (tertiary/aromatic N) is 1. The number of halogens is 2. The van der Waals surface area contributed by atoms with Gasteiger partial charge >= 0.3 is 0 Å². The summed E-state index contributed by atoms with van der Waals surface area (Å²) in [6, 6.07) is 9.60. The van der Waals surface area contributed by atoms with E-state index in [0.717, 1.165) is 52.0 Å². The number of nitrogens with one attached hydrogen (secondary N) is 1. The van der Waals surface area contributed by atoms with Crippen molar-refractivity contribution >= 4 is 31.9 Å². The molecule has 1 unspecified atom stereocenters. The lowest BCUT2D eigenvalue weighted by atomic mass is 9.83. The van der Waals surface area contributed by atoms with Crippen molar-refractivity contribution in [3.63, 3.8) is 0 Å². The van der Waals surface area contributed by atoms with Crippen LogP contribution in [0.4, 0.5) is 0 Å². The highest BCUT2D eigenvalue weighted by Crippen LogP contribution is 2.34. The third-order valence-electron chi connectivity index (χ3n) is 5.76. The molecule has 28 heavy (non-hydrogen) atoms. The summed E-state index contributed by atoms with van der Waals surface area (Å²) >= 11 is 7.06. The van der Waals surface area contributed by atoms with Crippen molar-refractivity contribution in [2.45, 2.75) is 31.9 Å². The van der Waals surface area contributed by atoms with Crippen LogP contribution < -0.4 is 15.2 Å². The van der Waals surface area contributed by atoms with E-state index >= 15 is 0 Å². The van der Waals surface area contributed by atoms with Gasteiger partial charge in [0.25, 0.3) is 5.56 Å². The molecule has 1 aromatic heterocycles. The number of hydrogen-bond acceptors (Lipinski definition) is 3. The van der Waals surface area contributed by atoms with E-state index in [1.165, 1.54) is 4.90 Å². The van der Waals surface area contributed by atoms with Crippen LogP contribution in [-0.2, 0) is 6.54 Å². The van der Waals surface area contributed by atoms with Crippen molar-refractivity contribution in [2.24, 2.45) is 5.92 Å². The molecule has 1 aromatic carbocycles. The Labute approximate surface area is 181 Å². The van der Waals surface area contributed by atoms with Gasteiger partial charge in [0.2, 0.25) is 0 Å². The van der Waals surface area contributed by atoms with Crippen molar-refractivity contribution in [1.29, 1.82) is 0 Å². The maximum atomic E-state index is 12.1. The van der Waals surface area contributed by atoms with Gasteiger partial charge in [-0.2, -0.15) is 0 Å². The number of pyridine rings is 1. The summed E-state index contributed by atoms with van der Waals surface area (Å²) in [4.78, 5) is 13.5. The Morgan fingerprint density at radius 3 is 2.79 bits per heavy atom. The molecule has 2 bridgehead atoms. The van der Waals surface area contributed by atoms with Gasteiger partial charge in [-0.3, -0.25) is 4.79 Å². The normalized spacial score (nSPS) is 24.5. The molecule has 0 saturated carbocycles. The summed E-state index contributed by atoms with van der Waals surface area (Å²) in [5.41, 5.74) is 2.40. The number of fused-ring (bicyclic) bond motifs is 4. The fraction of sp³-hybridized carbons (Fsp3) is 0.476. The number of ether oxygens (including phenoxy) is 1. The van der Waals surface area contributed by atoms with E-state index in [9.17, 15) is 9.90 Å². The lowest BCUT2D eigenvalue weighted by molar-refractivity contribution is -0.914. The molecular weight excluding hydrogens is 488 g/mol. The summed E-state index contributed by atoms with van der Waals surface area (Å²) in [6.07, 6.45) is 0.606. The Kier molecular flexibility index (Phi) is 5.97. The van der Waals surface area contributed by atoms with Crippen LogP contribution in [-0.4, -0.2) is 42.0 Å². The van der Waals surface area contributed by atoms with Gasteiger partial charge in [-0.25, -0.2) is 0 Å². The summed E-state index contributed by atoms with van der Waals surface area (Å²) in [5.74, 6) is 1.61. The van der Waals surface area contributed by atoms with Crippen LogP contribution in [0.2, 0.25) is 0 Å². The maximum absolute atomic E-state index is 12.1. The zero-order valence-electron chi connectivity index (χ0n) is 15.8. The van der Waals surface area contributed by atoms with Crippen LogP contribution in [0.1, 0.15) is 23.6 Å². The van der Waals surface area contributed by atoms with Crippen LogP contribution in [0.5, 0.6) is 5.75 Å². The summed E-state index contributed by atoms with van der Waals surface area (Å²) in [5, 5.41) is 10.6. The highest BCUT2D eigenvalue weighted by atomic mass is 79.9. The number of piperidine rings is 1. The van der Waals surface area contributed by atoms with Crippen molar-refractivity contribution in [3.05, 3.63) is 60.9 Å². The van der Waals surface area contributed by atoms with Crippen molar-refractivity contribution < 1.29 is 14.7 Å². The molecule has 7 heteroatoms. The fourth-order valence-corrected chi connectivity index (χ4v) is 6.33. The van der Waals surface area contributed by atoms with Gasteiger partial charge in [0, 0.05) is 30.1 Å². The Hall–Kier alpha value is -1.15. The van der Waals surface area contributed by atoms with E-state index in [2.05, 4.69) is 37.9 Å². The second-order valence-electron chi connectivity index (χ2n) is 8.08. The van der Waals surface area contributed by atoms with E-state index in [1.54, 1.807) is 6.07 Å². The highest BCUT2D eigenvalue weighted by Gasteiger charge is 2.37. The molecule has 1 saturated heterocycles. The molecule has 2 aliphatic rings. The van der Waals surface area contributed by atoms with Crippen LogP contribution in [0.3, 0.4) is 0 Å².